The Bertz CT molecular complexity index is 1080. The first-order valence-electron chi connectivity index (χ1n) is 8.28. The summed E-state index contributed by atoms with van der Waals surface area (Å²) in [4.78, 5) is 0. The maximum atomic E-state index is 14.6. The smallest absolute Gasteiger partial charge is 0.346 e. The van der Waals surface area contributed by atoms with Crippen LogP contribution in [-0.2, 0) is 17.4 Å². The fourth-order valence-electron chi connectivity index (χ4n) is 3.87. The summed E-state index contributed by atoms with van der Waals surface area (Å²) in [5, 5.41) is 19.2. The number of nitriles is 1. The number of ether oxygens (including phenoxy) is 1. The molecule has 0 saturated heterocycles. The summed E-state index contributed by atoms with van der Waals surface area (Å²) in [7, 11) is 0. The van der Waals surface area contributed by atoms with Crippen molar-refractivity contribution in [2.75, 3.05) is 0 Å². The molecule has 0 aliphatic heterocycles. The van der Waals surface area contributed by atoms with Crippen LogP contribution in [0.15, 0.2) is 30.3 Å². The van der Waals surface area contributed by atoms with Crippen molar-refractivity contribution in [3.05, 3.63) is 58.4 Å². The van der Waals surface area contributed by atoms with E-state index < -0.39 is 70.2 Å². The van der Waals surface area contributed by atoms with Crippen LogP contribution in [0.1, 0.15) is 35.1 Å². The van der Waals surface area contributed by atoms with Crippen molar-refractivity contribution in [3.8, 4) is 17.6 Å². The van der Waals surface area contributed by atoms with E-state index in [0.717, 1.165) is 18.2 Å². The van der Waals surface area contributed by atoms with Gasteiger partial charge in [0.2, 0.25) is 0 Å². The van der Waals surface area contributed by atoms with Crippen molar-refractivity contribution in [3.63, 3.8) is 0 Å². The van der Waals surface area contributed by atoms with Crippen LogP contribution in [0.25, 0.3) is 0 Å². The van der Waals surface area contributed by atoms with Crippen LogP contribution < -0.4 is 4.74 Å². The van der Waals surface area contributed by atoms with Gasteiger partial charge in [0.05, 0.1) is 17.2 Å². The minimum Gasteiger partial charge on any atom is -0.457 e. The number of alkyl halides is 6. The topological polar surface area (TPSA) is 53.2 Å². The first-order chi connectivity index (χ1) is 13.3. The molecule has 3 nitrogen and oxygen atoms in total. The Morgan fingerprint density at radius 1 is 0.966 bits per heavy atom. The number of aliphatic hydroxyl groups is 1. The van der Waals surface area contributed by atoms with Gasteiger partial charge in [-0.3, -0.25) is 0 Å². The highest BCUT2D eigenvalue weighted by atomic mass is 19.3. The van der Waals surface area contributed by atoms with Crippen LogP contribution >= 0.6 is 0 Å². The summed E-state index contributed by atoms with van der Waals surface area (Å²) >= 11 is 0. The molecule has 0 heterocycles. The Morgan fingerprint density at radius 2 is 1.66 bits per heavy atom. The molecule has 0 fully saturated rings. The van der Waals surface area contributed by atoms with Crippen molar-refractivity contribution in [2.45, 2.75) is 36.2 Å². The second-order valence-electron chi connectivity index (χ2n) is 6.96. The SMILES string of the molecule is N#Cc1cc(F)cc(Oc2ccc3c4c2C(F)(F)CCC4(O)C(F)(F)C3(F)F)c1. The zero-order valence-corrected chi connectivity index (χ0v) is 14.2. The predicted molar refractivity (Wildman–Crippen MR) is 83.5 cm³/mol. The molecule has 4 rings (SSSR count). The van der Waals surface area contributed by atoms with E-state index in [1.807, 2.05) is 0 Å². The number of hydrogen-bond donors (Lipinski definition) is 1. The quantitative estimate of drug-likeness (QED) is 0.675. The molecule has 2 aliphatic carbocycles. The molecular weight excluding hydrogens is 407 g/mol. The fourth-order valence-corrected chi connectivity index (χ4v) is 3.87. The fraction of sp³-hybridized carbons (Fsp3) is 0.316. The molecule has 0 bridgehead atoms. The van der Waals surface area contributed by atoms with Gasteiger partial charge in [-0.15, -0.1) is 0 Å². The van der Waals surface area contributed by atoms with Crippen LogP contribution in [-0.4, -0.2) is 11.0 Å². The monoisotopic (exact) mass is 417 g/mol. The first-order valence-corrected chi connectivity index (χ1v) is 8.28. The molecule has 0 radical (unpaired) electrons. The molecule has 0 amide bonds. The van der Waals surface area contributed by atoms with Crippen molar-refractivity contribution in [2.24, 2.45) is 0 Å². The van der Waals surface area contributed by atoms with Gasteiger partial charge in [0.15, 0.2) is 5.60 Å². The maximum absolute atomic E-state index is 14.6. The van der Waals surface area contributed by atoms with Crippen molar-refractivity contribution in [1.29, 1.82) is 5.26 Å². The summed E-state index contributed by atoms with van der Waals surface area (Å²) in [6.07, 6.45) is -2.61. The molecular formula is C19H10F7NO2. The largest absolute Gasteiger partial charge is 0.457 e. The molecule has 0 aromatic heterocycles. The third-order valence-electron chi connectivity index (χ3n) is 5.23. The molecule has 2 aliphatic rings. The Balaban J connectivity index is 1.96. The Hall–Kier alpha value is -2.80. The number of hydrogen-bond acceptors (Lipinski definition) is 3. The van der Waals surface area contributed by atoms with Gasteiger partial charge in [-0.2, -0.15) is 22.8 Å². The Labute approximate surface area is 158 Å². The third kappa shape index (κ3) is 2.40. The van der Waals surface area contributed by atoms with E-state index in [0.29, 0.717) is 12.1 Å². The predicted octanol–water partition coefficient (Wildman–Crippen LogP) is 5.30. The molecule has 0 saturated carbocycles. The summed E-state index contributed by atoms with van der Waals surface area (Å²) < 4.78 is 105. The lowest BCUT2D eigenvalue weighted by molar-refractivity contribution is -0.293. The standard InChI is InChI=1S/C19H10F7NO2/c20-10-5-9(8-27)6-11(7-10)29-13-2-1-12-14-15(13)17(21,22)4-3-16(14,28)19(25,26)18(12,23)24/h1-2,5-7,28H,3-4H2. The molecule has 2 aromatic rings. The van der Waals surface area contributed by atoms with E-state index >= 15 is 0 Å². The second-order valence-corrected chi connectivity index (χ2v) is 6.96. The van der Waals surface area contributed by atoms with Gasteiger partial charge in [0.1, 0.15) is 17.3 Å². The van der Waals surface area contributed by atoms with Crippen molar-refractivity contribution in [1.82, 2.24) is 0 Å². The van der Waals surface area contributed by atoms with Gasteiger partial charge in [0.25, 0.3) is 5.92 Å². The molecule has 29 heavy (non-hydrogen) atoms. The average Bonchev–Trinajstić information content (AvgIpc) is 2.74. The molecule has 0 spiro atoms. The highest BCUT2D eigenvalue weighted by Gasteiger charge is 2.78. The molecule has 152 valence electrons. The summed E-state index contributed by atoms with van der Waals surface area (Å²) in [5.41, 5.74) is -7.72. The van der Waals surface area contributed by atoms with Crippen LogP contribution in [0.4, 0.5) is 30.7 Å². The van der Waals surface area contributed by atoms with E-state index in [2.05, 4.69) is 0 Å². The van der Waals surface area contributed by atoms with Gasteiger partial charge >= 0.3 is 11.8 Å². The van der Waals surface area contributed by atoms with E-state index in [9.17, 15) is 35.8 Å². The normalized spacial score (nSPS) is 25.2. The van der Waals surface area contributed by atoms with Gasteiger partial charge in [-0.1, -0.05) is 0 Å². The lowest BCUT2D eigenvalue weighted by atomic mass is 9.76. The van der Waals surface area contributed by atoms with Gasteiger partial charge in [0, 0.05) is 23.6 Å². The van der Waals surface area contributed by atoms with Gasteiger partial charge < -0.3 is 9.84 Å². The zero-order chi connectivity index (χ0) is 21.4. The lowest BCUT2D eigenvalue weighted by Crippen LogP contribution is -2.51. The van der Waals surface area contributed by atoms with Crippen LogP contribution in [0.5, 0.6) is 11.5 Å². The minimum absolute atomic E-state index is 0.212. The summed E-state index contributed by atoms with van der Waals surface area (Å²) in [5.74, 6) is -15.9. The average molecular weight is 417 g/mol. The number of rotatable bonds is 2. The van der Waals surface area contributed by atoms with Crippen molar-refractivity contribution < 1.29 is 40.6 Å². The Kier molecular flexibility index (Phi) is 3.79. The molecule has 1 N–H and O–H groups in total. The van der Waals surface area contributed by atoms with Crippen LogP contribution in [0, 0.1) is 17.1 Å². The van der Waals surface area contributed by atoms with E-state index in [1.165, 1.54) is 0 Å². The minimum atomic E-state index is -5.01. The number of halogens is 7. The number of nitrogens with zero attached hydrogens (tertiary/aromatic N) is 1. The summed E-state index contributed by atoms with van der Waals surface area (Å²) in [6.45, 7) is 0. The lowest BCUT2D eigenvalue weighted by Gasteiger charge is -2.38. The zero-order valence-electron chi connectivity index (χ0n) is 14.2. The third-order valence-corrected chi connectivity index (χ3v) is 5.23. The second kappa shape index (κ2) is 5.63. The molecule has 2 aromatic carbocycles. The highest BCUT2D eigenvalue weighted by Crippen LogP contribution is 2.67. The maximum Gasteiger partial charge on any atom is 0.346 e. The van der Waals surface area contributed by atoms with E-state index in [1.54, 1.807) is 6.07 Å². The van der Waals surface area contributed by atoms with E-state index in [-0.39, 0.29) is 5.56 Å². The number of benzene rings is 2. The van der Waals surface area contributed by atoms with E-state index in [4.69, 9.17) is 10.00 Å². The van der Waals surface area contributed by atoms with Crippen LogP contribution in [0.2, 0.25) is 0 Å². The highest BCUT2D eigenvalue weighted by molar-refractivity contribution is 5.59. The Morgan fingerprint density at radius 3 is 2.31 bits per heavy atom. The van der Waals surface area contributed by atoms with Crippen LogP contribution in [0.3, 0.4) is 0 Å². The first kappa shape index (κ1) is 19.5. The molecule has 1 atom stereocenters. The van der Waals surface area contributed by atoms with Gasteiger partial charge in [-0.25, -0.2) is 13.2 Å². The summed E-state index contributed by atoms with van der Waals surface area (Å²) in [6, 6.07) is 5.32. The van der Waals surface area contributed by atoms with Gasteiger partial charge in [-0.05, 0) is 30.7 Å². The van der Waals surface area contributed by atoms with Crippen molar-refractivity contribution >= 4 is 0 Å². The molecule has 10 heteroatoms. The molecule has 1 unspecified atom stereocenters.